The standard InChI is InChI=1S/C14H18N2O4/c1-5-6-7-15-16-14(17)10-8-11(18-2)13(20-4)12(9-10)19-3/h5-9H,1-4H3,(H,16,17)/b6-5+,15-7+. The van der Waals surface area contributed by atoms with Crippen LogP contribution in [0.1, 0.15) is 17.3 Å². The molecule has 0 aliphatic carbocycles. The Morgan fingerprint density at radius 2 is 1.75 bits per heavy atom. The van der Waals surface area contributed by atoms with Crippen molar-refractivity contribution in [1.29, 1.82) is 0 Å². The molecule has 0 unspecified atom stereocenters. The van der Waals surface area contributed by atoms with Gasteiger partial charge >= 0.3 is 0 Å². The molecule has 0 radical (unpaired) electrons. The fraction of sp³-hybridized carbons (Fsp3) is 0.286. The van der Waals surface area contributed by atoms with Crippen LogP contribution in [0.3, 0.4) is 0 Å². The third-order valence-electron chi connectivity index (χ3n) is 2.45. The van der Waals surface area contributed by atoms with Crippen molar-refractivity contribution in [3.05, 3.63) is 29.8 Å². The van der Waals surface area contributed by atoms with Crippen LogP contribution < -0.4 is 19.6 Å². The number of amides is 1. The van der Waals surface area contributed by atoms with Crippen LogP contribution in [-0.4, -0.2) is 33.5 Å². The Balaban J connectivity index is 3.03. The molecule has 1 rings (SSSR count). The molecule has 1 amide bonds. The Morgan fingerprint density at radius 1 is 1.15 bits per heavy atom. The minimum atomic E-state index is -0.370. The zero-order valence-electron chi connectivity index (χ0n) is 12.0. The Labute approximate surface area is 118 Å². The van der Waals surface area contributed by atoms with Crippen LogP contribution in [0.25, 0.3) is 0 Å². The summed E-state index contributed by atoms with van der Waals surface area (Å²) in [5, 5.41) is 3.77. The van der Waals surface area contributed by atoms with Crippen LogP contribution in [0.15, 0.2) is 29.4 Å². The van der Waals surface area contributed by atoms with Gasteiger partial charge in [0.2, 0.25) is 5.75 Å². The Bertz CT molecular complexity index is 499. The number of allylic oxidation sites excluding steroid dienone is 2. The lowest BCUT2D eigenvalue weighted by atomic mass is 10.1. The Kier molecular flexibility index (Phi) is 6.09. The summed E-state index contributed by atoms with van der Waals surface area (Å²) >= 11 is 0. The van der Waals surface area contributed by atoms with E-state index in [1.54, 1.807) is 24.3 Å². The van der Waals surface area contributed by atoms with Crippen LogP contribution in [-0.2, 0) is 0 Å². The van der Waals surface area contributed by atoms with Gasteiger partial charge in [-0.15, -0.1) is 0 Å². The molecule has 0 atom stereocenters. The summed E-state index contributed by atoms with van der Waals surface area (Å²) in [6.07, 6.45) is 4.99. The molecular weight excluding hydrogens is 260 g/mol. The van der Waals surface area contributed by atoms with Crippen LogP contribution in [0.5, 0.6) is 17.2 Å². The van der Waals surface area contributed by atoms with E-state index in [-0.39, 0.29) is 5.91 Å². The largest absolute Gasteiger partial charge is 0.493 e. The third-order valence-corrected chi connectivity index (χ3v) is 2.45. The number of hydrazone groups is 1. The van der Waals surface area contributed by atoms with E-state index >= 15 is 0 Å². The number of ether oxygens (including phenoxy) is 3. The number of hydrogen-bond donors (Lipinski definition) is 1. The first kappa shape index (κ1) is 15.6. The number of methoxy groups -OCH3 is 3. The SMILES string of the molecule is C/C=C/C=N/NC(=O)c1cc(OC)c(OC)c(OC)c1. The van der Waals surface area contributed by atoms with Crippen molar-refractivity contribution >= 4 is 12.1 Å². The number of benzene rings is 1. The number of rotatable bonds is 6. The average molecular weight is 278 g/mol. The van der Waals surface area contributed by atoms with Crippen molar-refractivity contribution < 1.29 is 19.0 Å². The Hall–Kier alpha value is -2.50. The average Bonchev–Trinajstić information content (AvgIpc) is 2.49. The van der Waals surface area contributed by atoms with Crippen molar-refractivity contribution in [2.24, 2.45) is 5.10 Å². The second kappa shape index (κ2) is 7.83. The van der Waals surface area contributed by atoms with Gasteiger partial charge in [-0.2, -0.15) is 5.10 Å². The molecule has 108 valence electrons. The molecule has 0 bridgehead atoms. The molecule has 0 fully saturated rings. The zero-order valence-corrected chi connectivity index (χ0v) is 12.0. The lowest BCUT2D eigenvalue weighted by molar-refractivity contribution is 0.0954. The van der Waals surface area contributed by atoms with Crippen LogP contribution >= 0.6 is 0 Å². The number of nitrogens with zero attached hydrogens (tertiary/aromatic N) is 1. The van der Waals surface area contributed by atoms with E-state index in [1.807, 2.05) is 6.92 Å². The normalized spacial score (nSPS) is 10.8. The molecule has 1 aromatic carbocycles. The van der Waals surface area contributed by atoms with Gasteiger partial charge in [0.15, 0.2) is 11.5 Å². The van der Waals surface area contributed by atoms with Gasteiger partial charge in [0.25, 0.3) is 5.91 Å². The second-order valence-electron chi connectivity index (χ2n) is 3.66. The monoisotopic (exact) mass is 278 g/mol. The first-order valence-corrected chi connectivity index (χ1v) is 5.92. The maximum absolute atomic E-state index is 11.9. The number of carbonyl (C=O) groups is 1. The van der Waals surface area contributed by atoms with Crippen molar-refractivity contribution in [3.63, 3.8) is 0 Å². The summed E-state index contributed by atoms with van der Waals surface area (Å²) in [5.41, 5.74) is 2.76. The number of carbonyl (C=O) groups excluding carboxylic acids is 1. The molecule has 0 heterocycles. The summed E-state index contributed by atoms with van der Waals surface area (Å²) in [7, 11) is 4.48. The van der Waals surface area contributed by atoms with Gasteiger partial charge in [-0.3, -0.25) is 4.79 Å². The maximum Gasteiger partial charge on any atom is 0.271 e. The first-order valence-electron chi connectivity index (χ1n) is 5.92. The minimum absolute atomic E-state index is 0.358. The molecular formula is C14H18N2O4. The molecule has 1 N–H and O–H groups in total. The van der Waals surface area contributed by atoms with Crippen LogP contribution in [0.2, 0.25) is 0 Å². The van der Waals surface area contributed by atoms with Gasteiger partial charge in [-0.05, 0) is 25.1 Å². The fourth-order valence-corrected chi connectivity index (χ4v) is 1.50. The predicted octanol–water partition coefficient (Wildman–Crippen LogP) is 2.00. The van der Waals surface area contributed by atoms with Gasteiger partial charge in [0, 0.05) is 11.8 Å². The van der Waals surface area contributed by atoms with E-state index < -0.39 is 0 Å². The molecule has 0 saturated carbocycles. The highest BCUT2D eigenvalue weighted by Gasteiger charge is 2.16. The van der Waals surface area contributed by atoms with Gasteiger partial charge in [-0.25, -0.2) is 5.43 Å². The maximum atomic E-state index is 11.9. The smallest absolute Gasteiger partial charge is 0.271 e. The van der Waals surface area contributed by atoms with Crippen molar-refractivity contribution in [1.82, 2.24) is 5.43 Å². The van der Waals surface area contributed by atoms with E-state index in [4.69, 9.17) is 14.2 Å². The van der Waals surface area contributed by atoms with E-state index in [9.17, 15) is 4.79 Å². The van der Waals surface area contributed by atoms with E-state index in [0.717, 1.165) is 0 Å². The lowest BCUT2D eigenvalue weighted by Crippen LogP contribution is -2.17. The third kappa shape index (κ3) is 3.74. The van der Waals surface area contributed by atoms with Crippen molar-refractivity contribution in [2.75, 3.05) is 21.3 Å². The molecule has 0 saturated heterocycles. The lowest BCUT2D eigenvalue weighted by Gasteiger charge is -2.13. The molecule has 0 spiro atoms. The highest BCUT2D eigenvalue weighted by atomic mass is 16.5. The molecule has 20 heavy (non-hydrogen) atoms. The summed E-state index contributed by atoms with van der Waals surface area (Å²) in [5.74, 6) is 0.887. The summed E-state index contributed by atoms with van der Waals surface area (Å²) in [6, 6.07) is 3.11. The van der Waals surface area contributed by atoms with Gasteiger partial charge in [0.1, 0.15) is 0 Å². The zero-order chi connectivity index (χ0) is 15.0. The van der Waals surface area contributed by atoms with Crippen molar-refractivity contribution in [2.45, 2.75) is 6.92 Å². The summed E-state index contributed by atoms with van der Waals surface area (Å²) in [4.78, 5) is 11.9. The fourth-order valence-electron chi connectivity index (χ4n) is 1.50. The topological polar surface area (TPSA) is 69.2 Å². The molecule has 1 aromatic rings. The summed E-state index contributed by atoms with van der Waals surface area (Å²) in [6.45, 7) is 1.85. The molecule has 0 aliphatic heterocycles. The number of hydrogen-bond acceptors (Lipinski definition) is 5. The molecule has 6 heteroatoms. The van der Waals surface area contributed by atoms with Crippen LogP contribution in [0.4, 0.5) is 0 Å². The quantitative estimate of drug-likeness (QED) is 0.638. The second-order valence-corrected chi connectivity index (χ2v) is 3.66. The van der Waals surface area contributed by atoms with Gasteiger partial charge < -0.3 is 14.2 Å². The highest BCUT2D eigenvalue weighted by molar-refractivity contribution is 5.96. The van der Waals surface area contributed by atoms with Crippen molar-refractivity contribution in [3.8, 4) is 17.2 Å². The predicted molar refractivity (Wildman–Crippen MR) is 76.9 cm³/mol. The van der Waals surface area contributed by atoms with E-state index in [1.165, 1.54) is 27.5 Å². The molecule has 0 aliphatic rings. The van der Waals surface area contributed by atoms with Gasteiger partial charge in [0.05, 0.1) is 21.3 Å². The van der Waals surface area contributed by atoms with Crippen LogP contribution in [0, 0.1) is 0 Å². The van der Waals surface area contributed by atoms with E-state index in [2.05, 4.69) is 10.5 Å². The molecule has 0 aromatic heterocycles. The van der Waals surface area contributed by atoms with E-state index in [0.29, 0.717) is 22.8 Å². The van der Waals surface area contributed by atoms with Gasteiger partial charge in [-0.1, -0.05) is 6.08 Å². The Morgan fingerprint density at radius 3 is 2.20 bits per heavy atom. The summed E-state index contributed by atoms with van der Waals surface area (Å²) < 4.78 is 15.5. The first-order chi connectivity index (χ1) is 9.67. The number of nitrogens with one attached hydrogen (secondary N) is 1. The molecule has 6 nitrogen and oxygen atoms in total. The highest BCUT2D eigenvalue weighted by Crippen LogP contribution is 2.38. The minimum Gasteiger partial charge on any atom is -0.493 e.